The minimum absolute atomic E-state index is 0.186. The minimum atomic E-state index is -1.03. The molecule has 152 valence electrons. The summed E-state index contributed by atoms with van der Waals surface area (Å²) in [5.74, 6) is -1.69. The van der Waals surface area contributed by atoms with E-state index >= 15 is 0 Å². The quantitative estimate of drug-likeness (QED) is 0.608. The third kappa shape index (κ3) is 4.03. The smallest absolute Gasteiger partial charge is 0.338 e. The summed E-state index contributed by atoms with van der Waals surface area (Å²) in [6.45, 7) is 5.07. The van der Waals surface area contributed by atoms with E-state index in [0.29, 0.717) is 17.1 Å². The fraction of sp³-hybridized carbons (Fsp3) is 0.350. The molecule has 2 heterocycles. The lowest BCUT2D eigenvalue weighted by Crippen LogP contribution is -2.30. The van der Waals surface area contributed by atoms with Crippen molar-refractivity contribution in [3.63, 3.8) is 0 Å². The van der Waals surface area contributed by atoms with Crippen molar-refractivity contribution in [2.24, 2.45) is 7.05 Å². The van der Waals surface area contributed by atoms with E-state index in [1.807, 2.05) is 6.92 Å². The van der Waals surface area contributed by atoms with Gasteiger partial charge in [0.05, 0.1) is 28.3 Å². The molecule has 1 saturated heterocycles. The molecule has 0 saturated carbocycles. The second kappa shape index (κ2) is 7.86. The average Bonchev–Trinajstić information content (AvgIpc) is 3.14. The Kier molecular flexibility index (Phi) is 5.49. The fourth-order valence-corrected chi connectivity index (χ4v) is 3.07. The molecule has 3 amide bonds. The van der Waals surface area contributed by atoms with Gasteiger partial charge in [-0.1, -0.05) is 0 Å². The molecule has 29 heavy (non-hydrogen) atoms. The van der Waals surface area contributed by atoms with Crippen molar-refractivity contribution in [1.82, 2.24) is 9.78 Å². The highest BCUT2D eigenvalue weighted by molar-refractivity contribution is 6.19. The molecule has 1 atom stereocenters. The van der Waals surface area contributed by atoms with Crippen LogP contribution in [-0.2, 0) is 26.2 Å². The van der Waals surface area contributed by atoms with E-state index in [0.717, 1.165) is 10.6 Å². The Morgan fingerprint density at radius 3 is 2.21 bits per heavy atom. The number of rotatable bonds is 5. The first-order valence-electron chi connectivity index (χ1n) is 9.17. The third-order valence-corrected chi connectivity index (χ3v) is 4.82. The first kappa shape index (κ1) is 20.2. The SMILES string of the molecule is Cc1nn(C)c(C)c1NC(=O)[C@@H](C)OC(=O)c1ccc(N2C(=O)CCC2=O)cc1. The maximum absolute atomic E-state index is 12.4. The summed E-state index contributed by atoms with van der Waals surface area (Å²) in [5.41, 5.74) is 2.66. The number of anilines is 2. The number of nitrogens with zero attached hydrogens (tertiary/aromatic N) is 3. The molecule has 1 fully saturated rings. The van der Waals surface area contributed by atoms with Gasteiger partial charge in [-0.05, 0) is 45.0 Å². The van der Waals surface area contributed by atoms with Gasteiger partial charge in [0.1, 0.15) is 0 Å². The van der Waals surface area contributed by atoms with Crippen LogP contribution in [0.4, 0.5) is 11.4 Å². The molecule has 1 aromatic carbocycles. The number of aromatic nitrogens is 2. The zero-order valence-electron chi connectivity index (χ0n) is 16.7. The van der Waals surface area contributed by atoms with Crippen LogP contribution in [-0.4, -0.2) is 39.6 Å². The number of ether oxygens (including phenoxy) is 1. The molecule has 1 aliphatic rings. The second-order valence-electron chi connectivity index (χ2n) is 6.88. The molecular weight excluding hydrogens is 376 g/mol. The molecule has 0 unspecified atom stereocenters. The van der Waals surface area contributed by atoms with Crippen LogP contribution in [0.1, 0.15) is 41.5 Å². The van der Waals surface area contributed by atoms with E-state index in [4.69, 9.17) is 4.74 Å². The predicted octanol–water partition coefficient (Wildman–Crippen LogP) is 1.87. The number of imide groups is 1. The maximum atomic E-state index is 12.4. The number of benzene rings is 1. The van der Waals surface area contributed by atoms with Crippen molar-refractivity contribution < 1.29 is 23.9 Å². The van der Waals surface area contributed by atoms with Crippen molar-refractivity contribution in [2.45, 2.75) is 39.7 Å². The molecule has 3 rings (SSSR count). The monoisotopic (exact) mass is 398 g/mol. The van der Waals surface area contributed by atoms with Crippen LogP contribution in [0.3, 0.4) is 0 Å². The molecule has 1 N–H and O–H groups in total. The van der Waals surface area contributed by atoms with Crippen LogP contribution in [0.15, 0.2) is 24.3 Å². The third-order valence-electron chi connectivity index (χ3n) is 4.82. The first-order chi connectivity index (χ1) is 13.7. The molecule has 0 aliphatic carbocycles. The Morgan fingerprint density at radius 1 is 1.10 bits per heavy atom. The van der Waals surface area contributed by atoms with Crippen LogP contribution in [0.5, 0.6) is 0 Å². The predicted molar refractivity (Wildman–Crippen MR) is 104 cm³/mol. The molecule has 9 heteroatoms. The number of carbonyl (C=O) groups is 4. The van der Waals surface area contributed by atoms with Crippen molar-refractivity contribution in [1.29, 1.82) is 0 Å². The Hall–Kier alpha value is -3.49. The summed E-state index contributed by atoms with van der Waals surface area (Å²) in [6.07, 6.45) is -0.654. The standard InChI is InChI=1S/C20H22N4O5/c1-11-18(12(2)23(4)22-11)21-19(27)13(3)29-20(28)14-5-7-15(8-6-14)24-16(25)9-10-17(24)26/h5-8,13H,9-10H2,1-4H3,(H,21,27)/t13-/m1/s1. The van der Waals surface area contributed by atoms with Gasteiger partial charge in [0.15, 0.2) is 6.10 Å². The van der Waals surface area contributed by atoms with Gasteiger partial charge < -0.3 is 10.1 Å². The van der Waals surface area contributed by atoms with E-state index in [2.05, 4.69) is 10.4 Å². The summed E-state index contributed by atoms with van der Waals surface area (Å²) in [6, 6.07) is 5.92. The first-order valence-corrected chi connectivity index (χ1v) is 9.17. The van der Waals surface area contributed by atoms with Crippen LogP contribution in [0.25, 0.3) is 0 Å². The number of aryl methyl sites for hydroxylation is 2. The molecular formula is C20H22N4O5. The fourth-order valence-electron chi connectivity index (χ4n) is 3.07. The van der Waals surface area contributed by atoms with Crippen molar-refractivity contribution in [2.75, 3.05) is 10.2 Å². The van der Waals surface area contributed by atoms with Crippen molar-refractivity contribution in [3.05, 3.63) is 41.2 Å². The molecule has 0 spiro atoms. The van der Waals surface area contributed by atoms with E-state index in [1.54, 1.807) is 18.7 Å². The Bertz CT molecular complexity index is 977. The summed E-state index contributed by atoms with van der Waals surface area (Å²) in [4.78, 5) is 49.4. The highest BCUT2D eigenvalue weighted by Crippen LogP contribution is 2.23. The summed E-state index contributed by atoms with van der Waals surface area (Å²) in [7, 11) is 1.77. The highest BCUT2D eigenvalue weighted by Gasteiger charge is 2.30. The van der Waals surface area contributed by atoms with Gasteiger partial charge in [0.25, 0.3) is 5.91 Å². The Labute approximate surface area is 167 Å². The lowest BCUT2D eigenvalue weighted by atomic mass is 10.2. The van der Waals surface area contributed by atoms with Crippen LogP contribution in [0, 0.1) is 13.8 Å². The molecule has 1 aliphatic heterocycles. The lowest BCUT2D eigenvalue weighted by Gasteiger charge is -2.15. The van der Waals surface area contributed by atoms with E-state index in [1.165, 1.54) is 31.2 Å². The zero-order valence-corrected chi connectivity index (χ0v) is 16.7. The molecule has 2 aromatic rings. The summed E-state index contributed by atoms with van der Waals surface area (Å²) in [5, 5.41) is 6.96. The Morgan fingerprint density at radius 2 is 1.69 bits per heavy atom. The Balaban J connectivity index is 1.64. The van der Waals surface area contributed by atoms with Gasteiger partial charge in [0, 0.05) is 19.9 Å². The van der Waals surface area contributed by atoms with Crippen molar-refractivity contribution in [3.8, 4) is 0 Å². The number of esters is 1. The maximum Gasteiger partial charge on any atom is 0.338 e. The molecule has 1 aromatic heterocycles. The lowest BCUT2D eigenvalue weighted by molar-refractivity contribution is -0.124. The zero-order chi connectivity index (χ0) is 21.3. The average molecular weight is 398 g/mol. The number of carbonyl (C=O) groups excluding carboxylic acids is 4. The van der Waals surface area contributed by atoms with E-state index < -0.39 is 18.0 Å². The second-order valence-corrected chi connectivity index (χ2v) is 6.88. The molecule has 0 radical (unpaired) electrons. The van der Waals surface area contributed by atoms with Gasteiger partial charge in [-0.15, -0.1) is 0 Å². The van der Waals surface area contributed by atoms with Gasteiger partial charge in [-0.2, -0.15) is 5.10 Å². The summed E-state index contributed by atoms with van der Waals surface area (Å²) < 4.78 is 6.89. The van der Waals surface area contributed by atoms with Gasteiger partial charge in [-0.3, -0.25) is 24.0 Å². The molecule has 9 nitrogen and oxygen atoms in total. The van der Waals surface area contributed by atoms with Gasteiger partial charge in [-0.25, -0.2) is 4.79 Å². The van der Waals surface area contributed by atoms with E-state index in [9.17, 15) is 19.2 Å². The molecule has 0 bridgehead atoms. The number of amides is 3. The topological polar surface area (TPSA) is 111 Å². The number of hydrogen-bond acceptors (Lipinski definition) is 6. The number of nitrogens with one attached hydrogen (secondary N) is 1. The van der Waals surface area contributed by atoms with Gasteiger partial charge in [0.2, 0.25) is 11.8 Å². The summed E-state index contributed by atoms with van der Waals surface area (Å²) >= 11 is 0. The van der Waals surface area contributed by atoms with Crippen LogP contribution < -0.4 is 10.2 Å². The van der Waals surface area contributed by atoms with Gasteiger partial charge >= 0.3 is 5.97 Å². The minimum Gasteiger partial charge on any atom is -0.449 e. The highest BCUT2D eigenvalue weighted by atomic mass is 16.5. The largest absolute Gasteiger partial charge is 0.449 e. The van der Waals surface area contributed by atoms with Crippen molar-refractivity contribution >= 4 is 35.1 Å². The number of hydrogen-bond donors (Lipinski definition) is 1. The normalized spacial score (nSPS) is 14.8. The van der Waals surface area contributed by atoms with E-state index in [-0.39, 0.29) is 30.2 Å². The van der Waals surface area contributed by atoms with Crippen LogP contribution >= 0.6 is 0 Å². The van der Waals surface area contributed by atoms with Crippen LogP contribution in [0.2, 0.25) is 0 Å².